The fourth-order valence-corrected chi connectivity index (χ4v) is 2.05. The molecule has 1 N–H and O–H groups in total. The number of benzene rings is 1. The lowest BCUT2D eigenvalue weighted by Gasteiger charge is -2.06. The molecule has 0 saturated heterocycles. The van der Waals surface area contributed by atoms with Crippen molar-refractivity contribution >= 4 is 34.4 Å². The number of nitrogens with zero attached hydrogens (tertiary/aromatic N) is 3. The van der Waals surface area contributed by atoms with Crippen molar-refractivity contribution in [1.29, 1.82) is 0 Å². The Morgan fingerprint density at radius 2 is 2.00 bits per heavy atom. The summed E-state index contributed by atoms with van der Waals surface area (Å²) < 4.78 is 5.79. The van der Waals surface area contributed by atoms with Gasteiger partial charge in [0.15, 0.2) is 0 Å². The average molecular weight is 370 g/mol. The maximum absolute atomic E-state index is 12.1. The monoisotopic (exact) mass is 370 g/mol. The number of anilines is 1. The quantitative estimate of drug-likeness (QED) is 0.837. The summed E-state index contributed by atoms with van der Waals surface area (Å²) >= 11 is 2.10. The molecule has 0 spiro atoms. The van der Waals surface area contributed by atoms with Crippen molar-refractivity contribution in [3.05, 3.63) is 39.2 Å². The van der Waals surface area contributed by atoms with Gasteiger partial charge in [0.1, 0.15) is 5.82 Å². The summed E-state index contributed by atoms with van der Waals surface area (Å²) in [7, 11) is 1.46. The van der Waals surface area contributed by atoms with Gasteiger partial charge in [-0.2, -0.15) is 15.0 Å². The maximum atomic E-state index is 12.1. The smallest absolute Gasteiger partial charge is 0.321 e. The van der Waals surface area contributed by atoms with Crippen molar-refractivity contribution in [2.24, 2.45) is 0 Å². The number of aromatic nitrogens is 3. The number of hydrogen-bond acceptors (Lipinski definition) is 5. The van der Waals surface area contributed by atoms with E-state index in [2.05, 4.69) is 42.9 Å². The van der Waals surface area contributed by atoms with Crippen molar-refractivity contribution in [3.63, 3.8) is 0 Å². The molecule has 0 aliphatic heterocycles. The molecule has 0 unspecified atom stereocenters. The van der Waals surface area contributed by atoms with E-state index in [1.165, 1.54) is 7.11 Å². The Morgan fingerprint density at radius 3 is 2.68 bits per heavy atom. The number of rotatable bonds is 3. The highest BCUT2D eigenvalue weighted by atomic mass is 127. The van der Waals surface area contributed by atoms with Crippen LogP contribution in [0.5, 0.6) is 6.01 Å². The van der Waals surface area contributed by atoms with Crippen molar-refractivity contribution in [1.82, 2.24) is 15.0 Å². The molecule has 0 aliphatic carbocycles. The predicted molar refractivity (Wildman–Crippen MR) is 78.2 cm³/mol. The Morgan fingerprint density at radius 1 is 1.26 bits per heavy atom. The van der Waals surface area contributed by atoms with Gasteiger partial charge in [-0.05, 0) is 41.6 Å². The van der Waals surface area contributed by atoms with Crippen LogP contribution in [-0.4, -0.2) is 28.0 Å². The van der Waals surface area contributed by atoms with Crippen LogP contribution in [0.3, 0.4) is 0 Å². The summed E-state index contributed by atoms with van der Waals surface area (Å²) in [5, 5.41) is 2.63. The Hall–Kier alpha value is -1.77. The molecule has 0 saturated carbocycles. The van der Waals surface area contributed by atoms with Crippen LogP contribution in [0.1, 0.15) is 16.2 Å². The molecule has 1 amide bonds. The van der Waals surface area contributed by atoms with E-state index in [4.69, 9.17) is 4.74 Å². The van der Waals surface area contributed by atoms with E-state index >= 15 is 0 Å². The lowest BCUT2D eigenvalue weighted by atomic mass is 10.2. The first-order valence-electron chi connectivity index (χ1n) is 5.42. The van der Waals surface area contributed by atoms with Gasteiger partial charge < -0.3 is 4.74 Å². The summed E-state index contributed by atoms with van der Waals surface area (Å²) in [5.41, 5.74) is 0.570. The highest BCUT2D eigenvalue weighted by Crippen LogP contribution is 2.13. The van der Waals surface area contributed by atoms with Crippen LogP contribution in [0.2, 0.25) is 0 Å². The van der Waals surface area contributed by atoms with Gasteiger partial charge in [0.25, 0.3) is 5.91 Å². The predicted octanol–water partition coefficient (Wildman–Crippen LogP) is 2.05. The van der Waals surface area contributed by atoms with Crippen molar-refractivity contribution in [2.45, 2.75) is 6.92 Å². The van der Waals surface area contributed by atoms with Gasteiger partial charge in [-0.1, -0.05) is 12.1 Å². The van der Waals surface area contributed by atoms with E-state index in [0.29, 0.717) is 11.4 Å². The van der Waals surface area contributed by atoms with Gasteiger partial charge in [-0.25, -0.2) is 0 Å². The first-order chi connectivity index (χ1) is 9.10. The second-order valence-electron chi connectivity index (χ2n) is 3.63. The number of carbonyl (C=O) groups is 1. The number of aryl methyl sites for hydroxylation is 1. The van der Waals surface area contributed by atoms with E-state index in [1.54, 1.807) is 19.1 Å². The van der Waals surface area contributed by atoms with Crippen LogP contribution < -0.4 is 10.1 Å². The van der Waals surface area contributed by atoms with Gasteiger partial charge in [0.2, 0.25) is 5.95 Å². The van der Waals surface area contributed by atoms with Crippen LogP contribution in [0, 0.1) is 10.5 Å². The Bertz CT molecular complexity index is 618. The van der Waals surface area contributed by atoms with Crippen molar-refractivity contribution < 1.29 is 9.53 Å². The normalized spacial score (nSPS) is 10.1. The second kappa shape index (κ2) is 5.91. The molecule has 0 bridgehead atoms. The third-order valence-corrected chi connectivity index (χ3v) is 3.19. The molecule has 98 valence electrons. The van der Waals surface area contributed by atoms with E-state index < -0.39 is 0 Å². The lowest BCUT2D eigenvalue weighted by Crippen LogP contribution is -2.16. The van der Waals surface area contributed by atoms with Crippen molar-refractivity contribution in [2.75, 3.05) is 12.4 Å². The summed E-state index contributed by atoms with van der Waals surface area (Å²) in [4.78, 5) is 24.1. The largest absolute Gasteiger partial charge is 0.467 e. The maximum Gasteiger partial charge on any atom is 0.321 e. The van der Waals surface area contributed by atoms with Gasteiger partial charge >= 0.3 is 6.01 Å². The molecule has 19 heavy (non-hydrogen) atoms. The molecular weight excluding hydrogens is 359 g/mol. The van der Waals surface area contributed by atoms with Crippen LogP contribution >= 0.6 is 22.6 Å². The van der Waals surface area contributed by atoms with E-state index in [1.807, 2.05) is 12.1 Å². The fraction of sp³-hybridized carbons (Fsp3) is 0.167. The standard InChI is InChI=1S/C12H11IN4O2/c1-7-14-11(17-12(15-7)19-2)16-10(18)8-5-3-4-6-9(8)13/h3-6H,1-2H3,(H,14,15,16,17,18). The molecule has 0 radical (unpaired) electrons. The molecule has 0 aliphatic rings. The highest BCUT2D eigenvalue weighted by Gasteiger charge is 2.12. The zero-order valence-corrected chi connectivity index (χ0v) is 12.5. The van der Waals surface area contributed by atoms with E-state index in [0.717, 1.165) is 3.57 Å². The second-order valence-corrected chi connectivity index (χ2v) is 4.79. The number of carbonyl (C=O) groups excluding carboxylic acids is 1. The van der Waals surface area contributed by atoms with Gasteiger partial charge in [-0.15, -0.1) is 0 Å². The van der Waals surface area contributed by atoms with Gasteiger partial charge in [0, 0.05) is 3.57 Å². The number of nitrogens with one attached hydrogen (secondary N) is 1. The van der Waals surface area contributed by atoms with Crippen LogP contribution in [0.25, 0.3) is 0 Å². The third kappa shape index (κ3) is 3.37. The van der Waals surface area contributed by atoms with E-state index in [-0.39, 0.29) is 17.9 Å². The van der Waals surface area contributed by atoms with E-state index in [9.17, 15) is 4.79 Å². The van der Waals surface area contributed by atoms with Crippen LogP contribution in [0.4, 0.5) is 5.95 Å². The summed E-state index contributed by atoms with van der Waals surface area (Å²) in [6, 6.07) is 7.44. The zero-order valence-electron chi connectivity index (χ0n) is 10.3. The first kappa shape index (κ1) is 13.7. The van der Waals surface area contributed by atoms with Gasteiger partial charge in [-0.3, -0.25) is 10.1 Å². The summed E-state index contributed by atoms with van der Waals surface area (Å²) in [6.45, 7) is 1.70. The molecule has 2 aromatic rings. The Balaban J connectivity index is 2.24. The molecule has 1 heterocycles. The number of methoxy groups -OCH3 is 1. The molecule has 1 aromatic heterocycles. The molecule has 1 aromatic carbocycles. The summed E-state index contributed by atoms with van der Waals surface area (Å²) in [5.74, 6) is 0.386. The number of hydrogen-bond donors (Lipinski definition) is 1. The topological polar surface area (TPSA) is 77.0 Å². The molecule has 0 atom stereocenters. The third-order valence-electron chi connectivity index (χ3n) is 2.25. The molecular formula is C12H11IN4O2. The SMILES string of the molecule is COc1nc(C)nc(NC(=O)c2ccccc2I)n1. The number of amides is 1. The Kier molecular flexibility index (Phi) is 4.25. The lowest BCUT2D eigenvalue weighted by molar-refractivity contribution is 0.102. The van der Waals surface area contributed by atoms with Crippen LogP contribution in [-0.2, 0) is 0 Å². The minimum atomic E-state index is -0.266. The fourth-order valence-electron chi connectivity index (χ4n) is 1.42. The zero-order chi connectivity index (χ0) is 13.8. The minimum absolute atomic E-state index is 0.172. The average Bonchev–Trinajstić information content (AvgIpc) is 2.38. The molecule has 0 fully saturated rings. The van der Waals surface area contributed by atoms with Gasteiger partial charge in [0.05, 0.1) is 12.7 Å². The van der Waals surface area contributed by atoms with Crippen molar-refractivity contribution in [3.8, 4) is 6.01 Å². The molecule has 2 rings (SSSR count). The number of halogens is 1. The molecule has 7 heteroatoms. The minimum Gasteiger partial charge on any atom is -0.467 e. The number of ether oxygens (including phenoxy) is 1. The Labute approximate surface area is 123 Å². The summed E-state index contributed by atoms with van der Waals surface area (Å²) in [6.07, 6.45) is 0. The van der Waals surface area contributed by atoms with Crippen LogP contribution in [0.15, 0.2) is 24.3 Å². The highest BCUT2D eigenvalue weighted by molar-refractivity contribution is 14.1. The molecule has 6 nitrogen and oxygen atoms in total. The first-order valence-corrected chi connectivity index (χ1v) is 6.50.